The molecule has 0 radical (unpaired) electrons. The Balaban J connectivity index is 2.22. The first-order valence-electron chi connectivity index (χ1n) is 9.34. The van der Waals surface area contributed by atoms with Crippen molar-refractivity contribution in [3.63, 3.8) is 0 Å². The van der Waals surface area contributed by atoms with Crippen molar-refractivity contribution < 1.29 is 14.6 Å². The molecule has 0 aliphatic heterocycles. The van der Waals surface area contributed by atoms with Crippen LogP contribution < -0.4 is 0 Å². The molecular weight excluding hydrogens is 312 g/mol. The molecule has 0 spiro atoms. The zero-order valence-electron chi connectivity index (χ0n) is 16.2. The number of allylic oxidation sites excluding steroid dienone is 1. The smallest absolute Gasteiger partial charge is 0.339 e. The summed E-state index contributed by atoms with van der Waals surface area (Å²) in [4.78, 5) is 12.4. The summed E-state index contributed by atoms with van der Waals surface area (Å²) in [5, 5.41) is 10.1. The summed E-state index contributed by atoms with van der Waals surface area (Å²) in [5.41, 5.74) is 1.81. The Morgan fingerprint density at radius 3 is 2.52 bits per heavy atom. The van der Waals surface area contributed by atoms with Gasteiger partial charge in [-0.15, -0.1) is 0 Å². The van der Waals surface area contributed by atoms with Crippen molar-refractivity contribution in [2.75, 3.05) is 0 Å². The lowest BCUT2D eigenvalue weighted by atomic mass is 9.64. The van der Waals surface area contributed by atoms with E-state index in [1.807, 2.05) is 13.0 Å². The van der Waals surface area contributed by atoms with E-state index in [1.165, 1.54) is 5.56 Å². The first kappa shape index (κ1) is 19.7. The fourth-order valence-electron chi connectivity index (χ4n) is 3.92. The van der Waals surface area contributed by atoms with E-state index in [4.69, 9.17) is 4.74 Å². The molecule has 1 aromatic rings. The molecule has 138 valence electrons. The van der Waals surface area contributed by atoms with Crippen molar-refractivity contribution in [3.05, 3.63) is 47.5 Å². The normalized spacial score (nSPS) is 26.2. The Kier molecular flexibility index (Phi) is 6.45. The number of benzene rings is 1. The van der Waals surface area contributed by atoms with E-state index >= 15 is 0 Å². The van der Waals surface area contributed by atoms with Crippen LogP contribution in [0.4, 0.5) is 0 Å². The summed E-state index contributed by atoms with van der Waals surface area (Å²) in [7, 11) is 0. The minimum Gasteiger partial charge on any atom is -0.460 e. The highest BCUT2D eigenvalue weighted by Crippen LogP contribution is 2.43. The third kappa shape index (κ3) is 4.52. The largest absolute Gasteiger partial charge is 0.460 e. The Morgan fingerprint density at radius 2 is 1.92 bits per heavy atom. The average Bonchev–Trinajstić information content (AvgIpc) is 2.60. The van der Waals surface area contributed by atoms with Gasteiger partial charge in [0.25, 0.3) is 0 Å². The number of carbonyl (C=O) groups is 1. The Labute approximate surface area is 152 Å². The van der Waals surface area contributed by atoms with Crippen LogP contribution in [0.1, 0.15) is 59.4 Å². The predicted molar refractivity (Wildman–Crippen MR) is 101 cm³/mol. The summed E-state index contributed by atoms with van der Waals surface area (Å²) >= 11 is 0. The molecular formula is C22H32O3. The average molecular weight is 344 g/mol. The SMILES string of the molecule is C/C=C(\C)[C@H](O)C(=O)O[C@@H]1C[C@H](C)CC[C@H]1C(C)(C)c1ccccc1. The second-order valence-electron chi connectivity index (χ2n) is 8.02. The molecule has 1 N–H and O–H groups in total. The summed E-state index contributed by atoms with van der Waals surface area (Å²) in [6.45, 7) is 10.2. The highest BCUT2D eigenvalue weighted by Gasteiger charge is 2.42. The number of hydrogen-bond donors (Lipinski definition) is 1. The number of ether oxygens (including phenoxy) is 1. The summed E-state index contributed by atoms with van der Waals surface area (Å²) in [6.07, 6.45) is 3.45. The highest BCUT2D eigenvalue weighted by atomic mass is 16.6. The van der Waals surface area contributed by atoms with Crippen molar-refractivity contribution in [1.29, 1.82) is 0 Å². The van der Waals surface area contributed by atoms with E-state index in [0.29, 0.717) is 11.5 Å². The predicted octanol–water partition coefficient (Wildman–Crippen LogP) is 4.64. The van der Waals surface area contributed by atoms with Crippen LogP contribution in [0.5, 0.6) is 0 Å². The van der Waals surface area contributed by atoms with Gasteiger partial charge in [0.1, 0.15) is 6.10 Å². The van der Waals surface area contributed by atoms with Crippen LogP contribution in [0, 0.1) is 11.8 Å². The molecule has 3 heteroatoms. The van der Waals surface area contributed by atoms with Gasteiger partial charge in [-0.25, -0.2) is 4.79 Å². The Hall–Kier alpha value is -1.61. The molecule has 1 saturated carbocycles. The van der Waals surface area contributed by atoms with Gasteiger partial charge < -0.3 is 9.84 Å². The molecule has 4 atom stereocenters. The maximum absolute atomic E-state index is 12.4. The van der Waals surface area contributed by atoms with Crippen LogP contribution in [0.3, 0.4) is 0 Å². The van der Waals surface area contributed by atoms with Gasteiger partial charge in [0.05, 0.1) is 0 Å². The topological polar surface area (TPSA) is 46.5 Å². The first-order valence-corrected chi connectivity index (χ1v) is 9.34. The lowest BCUT2D eigenvalue weighted by Gasteiger charge is -2.44. The minimum absolute atomic E-state index is 0.0903. The van der Waals surface area contributed by atoms with Crippen molar-refractivity contribution >= 4 is 5.97 Å². The van der Waals surface area contributed by atoms with Gasteiger partial charge in [-0.05, 0) is 49.2 Å². The Morgan fingerprint density at radius 1 is 1.28 bits per heavy atom. The van der Waals surface area contributed by atoms with Gasteiger partial charge in [-0.3, -0.25) is 0 Å². The van der Waals surface area contributed by atoms with Gasteiger partial charge in [0.15, 0.2) is 6.10 Å². The highest BCUT2D eigenvalue weighted by molar-refractivity contribution is 5.78. The second-order valence-corrected chi connectivity index (χ2v) is 8.02. The van der Waals surface area contributed by atoms with E-state index < -0.39 is 12.1 Å². The number of esters is 1. The minimum atomic E-state index is -1.16. The fraction of sp³-hybridized carbons (Fsp3) is 0.591. The number of aliphatic hydroxyl groups is 1. The standard InChI is InChI=1S/C22H32O3/c1-6-16(3)20(23)21(24)25-19-14-15(2)12-13-18(19)22(4,5)17-10-8-7-9-11-17/h6-11,15,18-20,23H,12-14H2,1-5H3/b16-6+/t15-,18-,19-,20+/m1/s1. The number of aliphatic hydroxyl groups excluding tert-OH is 1. The monoisotopic (exact) mass is 344 g/mol. The molecule has 0 heterocycles. The molecule has 1 aliphatic rings. The lowest BCUT2D eigenvalue weighted by molar-refractivity contribution is -0.164. The molecule has 0 amide bonds. The van der Waals surface area contributed by atoms with Gasteiger partial charge in [-0.1, -0.05) is 63.6 Å². The summed E-state index contributed by atoms with van der Waals surface area (Å²) in [5.74, 6) is 0.248. The van der Waals surface area contributed by atoms with Crippen LogP contribution >= 0.6 is 0 Å². The maximum Gasteiger partial charge on any atom is 0.339 e. The molecule has 2 rings (SSSR count). The van der Waals surface area contributed by atoms with E-state index in [0.717, 1.165) is 19.3 Å². The van der Waals surface area contributed by atoms with Crippen molar-refractivity contribution in [2.45, 2.75) is 71.5 Å². The van der Waals surface area contributed by atoms with Crippen LogP contribution in [0.2, 0.25) is 0 Å². The van der Waals surface area contributed by atoms with Crippen LogP contribution in [0.15, 0.2) is 42.0 Å². The Bertz CT molecular complexity index is 603. The molecule has 0 bridgehead atoms. The number of rotatable bonds is 5. The quantitative estimate of drug-likeness (QED) is 0.625. The molecule has 0 saturated heterocycles. The molecule has 0 aromatic heterocycles. The molecule has 25 heavy (non-hydrogen) atoms. The zero-order chi connectivity index (χ0) is 18.6. The molecule has 1 aliphatic carbocycles. The van der Waals surface area contributed by atoms with Gasteiger partial charge >= 0.3 is 5.97 Å². The van der Waals surface area contributed by atoms with Crippen molar-refractivity contribution in [2.24, 2.45) is 11.8 Å². The van der Waals surface area contributed by atoms with Gasteiger partial charge in [0.2, 0.25) is 0 Å². The van der Waals surface area contributed by atoms with E-state index in [2.05, 4.69) is 45.0 Å². The van der Waals surface area contributed by atoms with Crippen LogP contribution in [-0.2, 0) is 14.9 Å². The second kappa shape index (κ2) is 8.18. The summed E-state index contributed by atoms with van der Waals surface area (Å²) < 4.78 is 5.84. The van der Waals surface area contributed by atoms with Gasteiger partial charge in [0, 0.05) is 5.92 Å². The maximum atomic E-state index is 12.4. The third-order valence-corrected chi connectivity index (χ3v) is 5.88. The first-order chi connectivity index (χ1) is 11.8. The van der Waals surface area contributed by atoms with E-state index in [9.17, 15) is 9.90 Å². The van der Waals surface area contributed by atoms with Crippen molar-refractivity contribution in [1.82, 2.24) is 0 Å². The van der Waals surface area contributed by atoms with Crippen LogP contribution in [-0.4, -0.2) is 23.3 Å². The fourth-order valence-corrected chi connectivity index (χ4v) is 3.92. The molecule has 1 fully saturated rings. The number of hydrogen-bond acceptors (Lipinski definition) is 3. The van der Waals surface area contributed by atoms with Crippen molar-refractivity contribution in [3.8, 4) is 0 Å². The lowest BCUT2D eigenvalue weighted by Crippen LogP contribution is -2.44. The van der Waals surface area contributed by atoms with E-state index in [1.54, 1.807) is 13.0 Å². The molecule has 0 unspecified atom stereocenters. The van der Waals surface area contributed by atoms with E-state index in [-0.39, 0.29) is 17.4 Å². The zero-order valence-corrected chi connectivity index (χ0v) is 16.2. The van der Waals surface area contributed by atoms with Crippen LogP contribution in [0.25, 0.3) is 0 Å². The summed E-state index contributed by atoms with van der Waals surface area (Å²) in [6, 6.07) is 10.4. The number of carbonyl (C=O) groups excluding carboxylic acids is 1. The molecule has 1 aromatic carbocycles. The van der Waals surface area contributed by atoms with Gasteiger partial charge in [-0.2, -0.15) is 0 Å². The third-order valence-electron chi connectivity index (χ3n) is 5.88. The molecule has 3 nitrogen and oxygen atoms in total.